The highest BCUT2D eigenvalue weighted by Gasteiger charge is 2.41. The van der Waals surface area contributed by atoms with Gasteiger partial charge in [-0.05, 0) is 30.3 Å². The van der Waals surface area contributed by atoms with Crippen LogP contribution in [0.1, 0.15) is 28.8 Å². The Hall–Kier alpha value is -3.88. The van der Waals surface area contributed by atoms with Crippen molar-refractivity contribution in [3.63, 3.8) is 0 Å². The first-order valence-corrected chi connectivity index (χ1v) is 12.7. The zero-order valence-electron chi connectivity index (χ0n) is 20.9. The summed E-state index contributed by atoms with van der Waals surface area (Å²) in [6.45, 7) is 2.82. The van der Waals surface area contributed by atoms with E-state index in [0.29, 0.717) is 35.6 Å². The molecule has 3 aliphatic rings. The maximum absolute atomic E-state index is 13.8. The van der Waals surface area contributed by atoms with Crippen LogP contribution in [0.25, 0.3) is 22.2 Å². The molecule has 1 aromatic heterocycles. The Bertz CT molecular complexity index is 1510. The fraction of sp³-hybridized carbons (Fsp3) is 0.310. The van der Waals surface area contributed by atoms with Gasteiger partial charge >= 0.3 is 0 Å². The lowest BCUT2D eigenvalue weighted by Gasteiger charge is -2.39. The summed E-state index contributed by atoms with van der Waals surface area (Å²) in [5.41, 5.74) is 6.43. The molecule has 1 N–H and O–H groups in total. The fourth-order valence-corrected chi connectivity index (χ4v) is 5.75. The highest BCUT2D eigenvalue weighted by atomic mass is 16.7. The van der Waals surface area contributed by atoms with E-state index in [1.54, 1.807) is 0 Å². The Labute approximate surface area is 214 Å². The molecule has 0 bridgehead atoms. The van der Waals surface area contributed by atoms with Crippen LogP contribution < -0.4 is 15.1 Å². The minimum absolute atomic E-state index is 0.0272. The number of nitrogens with zero attached hydrogens (tertiary/aromatic N) is 3. The number of aromatic nitrogens is 1. The number of carbonyl (C=O) groups excluding carboxylic acids is 1. The Morgan fingerprint density at radius 3 is 2.38 bits per heavy atom. The number of rotatable bonds is 4. The minimum atomic E-state index is -0.472. The number of fused-ring (bicyclic) bond motifs is 2. The van der Waals surface area contributed by atoms with E-state index in [2.05, 4.69) is 32.4 Å². The first kappa shape index (κ1) is 22.3. The largest absolute Gasteiger partial charge is 0.378 e. The van der Waals surface area contributed by atoms with Gasteiger partial charge in [-0.25, -0.2) is 0 Å². The average molecular weight is 497 g/mol. The van der Waals surface area contributed by atoms with Crippen LogP contribution in [0, 0.1) is 0 Å². The summed E-state index contributed by atoms with van der Waals surface area (Å²) in [7, 11) is 4.03. The Morgan fingerprint density at radius 2 is 1.68 bits per heavy atom. The van der Waals surface area contributed by atoms with Crippen LogP contribution in [-0.2, 0) is 9.47 Å². The van der Waals surface area contributed by atoms with Crippen LogP contribution in [0.2, 0.25) is 0 Å². The molecule has 3 aromatic carbocycles. The predicted octanol–water partition coefficient (Wildman–Crippen LogP) is 5.19. The summed E-state index contributed by atoms with van der Waals surface area (Å²) < 4.78 is 17.8. The molecule has 8 nitrogen and oxygen atoms in total. The first-order valence-electron chi connectivity index (χ1n) is 12.7. The summed E-state index contributed by atoms with van der Waals surface area (Å²) in [6.07, 6.45) is 1.55. The topological polar surface area (TPSA) is 80.1 Å². The highest BCUT2D eigenvalue weighted by Crippen LogP contribution is 2.47. The second-order valence-corrected chi connectivity index (χ2v) is 10.1. The van der Waals surface area contributed by atoms with E-state index >= 15 is 0 Å². The molecule has 37 heavy (non-hydrogen) atoms. The maximum atomic E-state index is 13.8. The predicted molar refractivity (Wildman–Crippen MR) is 143 cm³/mol. The smallest absolute Gasteiger partial charge is 0.196 e. The van der Waals surface area contributed by atoms with Crippen molar-refractivity contribution in [3.05, 3.63) is 65.7 Å². The lowest BCUT2D eigenvalue weighted by molar-refractivity contribution is -0.169. The lowest BCUT2D eigenvalue weighted by atomic mass is 9.86. The summed E-state index contributed by atoms with van der Waals surface area (Å²) in [6, 6.07) is 17.8. The first-order chi connectivity index (χ1) is 18.0. The molecule has 0 unspecified atom stereocenters. The number of anilines is 4. The van der Waals surface area contributed by atoms with Crippen molar-refractivity contribution in [2.24, 2.45) is 0 Å². The van der Waals surface area contributed by atoms with Crippen LogP contribution in [0.3, 0.4) is 0 Å². The van der Waals surface area contributed by atoms with Crippen molar-refractivity contribution in [3.8, 4) is 11.3 Å². The molecule has 3 heterocycles. The molecule has 1 aliphatic carbocycles. The highest BCUT2D eigenvalue weighted by molar-refractivity contribution is 6.28. The van der Waals surface area contributed by atoms with Gasteiger partial charge in [0.2, 0.25) is 0 Å². The zero-order valence-corrected chi connectivity index (χ0v) is 20.9. The van der Waals surface area contributed by atoms with Gasteiger partial charge in [-0.2, -0.15) is 0 Å². The van der Waals surface area contributed by atoms with E-state index in [9.17, 15) is 4.79 Å². The molecular weight excluding hydrogens is 468 g/mol. The van der Waals surface area contributed by atoms with Crippen LogP contribution >= 0.6 is 0 Å². The molecule has 0 saturated carbocycles. The Morgan fingerprint density at radius 1 is 0.973 bits per heavy atom. The summed E-state index contributed by atoms with van der Waals surface area (Å²) in [5.74, 6) is 0.143. The van der Waals surface area contributed by atoms with Crippen molar-refractivity contribution in [2.45, 2.75) is 18.6 Å². The molecule has 0 atom stereocenters. The standard InChI is InChI=1S/C29H28N4O4/c1-32(2)19-9-7-18(8-10-19)30-22-17-23(33-13-11-29(12-14-33)35-15-16-36-29)26-25-24(22)27(34)20-5-3-4-6-21(20)28(25)37-31-26/h3-10,17,30H,11-16H2,1-2H3. The van der Waals surface area contributed by atoms with Gasteiger partial charge in [0.25, 0.3) is 0 Å². The minimum Gasteiger partial charge on any atom is -0.378 e. The third-order valence-electron chi connectivity index (χ3n) is 7.72. The van der Waals surface area contributed by atoms with E-state index in [1.807, 2.05) is 56.6 Å². The number of nitrogens with one attached hydrogen (secondary N) is 1. The average Bonchev–Trinajstić information content (AvgIpc) is 3.56. The van der Waals surface area contributed by atoms with Crippen molar-refractivity contribution in [1.29, 1.82) is 0 Å². The zero-order chi connectivity index (χ0) is 25.1. The fourth-order valence-electron chi connectivity index (χ4n) is 5.75. The lowest BCUT2D eigenvalue weighted by Crippen LogP contribution is -2.45. The number of piperidine rings is 1. The second kappa shape index (κ2) is 8.33. The third-order valence-corrected chi connectivity index (χ3v) is 7.72. The van der Waals surface area contributed by atoms with Crippen LogP contribution in [0.4, 0.5) is 22.7 Å². The molecule has 2 fully saturated rings. The number of benzene rings is 3. The molecule has 1 spiro atoms. The Balaban J connectivity index is 1.36. The Kier molecular flexibility index (Phi) is 5.02. The molecule has 188 valence electrons. The third kappa shape index (κ3) is 3.51. The SMILES string of the molecule is CN(C)c1ccc(Nc2cc(N3CCC4(CC3)OCCO4)c3noc4c3c2C(=O)c2ccccc2-4)cc1. The van der Waals surface area contributed by atoms with Crippen molar-refractivity contribution in [1.82, 2.24) is 5.16 Å². The monoisotopic (exact) mass is 496 g/mol. The van der Waals surface area contributed by atoms with Crippen molar-refractivity contribution < 1.29 is 18.8 Å². The van der Waals surface area contributed by atoms with Crippen LogP contribution in [0.15, 0.2) is 59.1 Å². The van der Waals surface area contributed by atoms with Crippen molar-refractivity contribution >= 4 is 39.4 Å². The van der Waals surface area contributed by atoms with Gasteiger partial charge in [0, 0.05) is 62.5 Å². The van der Waals surface area contributed by atoms with Gasteiger partial charge in [-0.15, -0.1) is 0 Å². The van der Waals surface area contributed by atoms with Crippen molar-refractivity contribution in [2.75, 3.05) is 55.5 Å². The molecule has 0 amide bonds. The summed E-state index contributed by atoms with van der Waals surface area (Å²) in [5, 5.41) is 8.81. The molecule has 2 saturated heterocycles. The normalized spacial score (nSPS) is 17.9. The van der Waals surface area contributed by atoms with Gasteiger partial charge < -0.3 is 29.1 Å². The molecule has 0 radical (unpaired) electrons. The van der Waals surface area contributed by atoms with E-state index in [0.717, 1.165) is 59.6 Å². The van der Waals surface area contributed by atoms with Gasteiger partial charge in [-0.3, -0.25) is 4.79 Å². The number of ether oxygens (including phenoxy) is 2. The number of ketones is 1. The van der Waals surface area contributed by atoms with E-state index in [-0.39, 0.29) is 5.78 Å². The van der Waals surface area contributed by atoms with Gasteiger partial charge in [0.15, 0.2) is 17.3 Å². The van der Waals surface area contributed by atoms with Gasteiger partial charge in [-0.1, -0.05) is 29.4 Å². The quantitative estimate of drug-likeness (QED) is 0.364. The molecule has 7 rings (SSSR count). The molecule has 8 heteroatoms. The van der Waals surface area contributed by atoms with E-state index in [4.69, 9.17) is 14.0 Å². The molecule has 2 aliphatic heterocycles. The van der Waals surface area contributed by atoms with Crippen LogP contribution in [-0.4, -0.2) is 57.1 Å². The summed E-state index contributed by atoms with van der Waals surface area (Å²) in [4.78, 5) is 18.2. The number of hydrogen-bond acceptors (Lipinski definition) is 8. The number of carbonyl (C=O) groups is 1. The molecule has 4 aromatic rings. The molecular formula is C29H28N4O4. The van der Waals surface area contributed by atoms with E-state index in [1.165, 1.54) is 0 Å². The van der Waals surface area contributed by atoms with Gasteiger partial charge in [0.1, 0.15) is 5.52 Å². The van der Waals surface area contributed by atoms with Crippen LogP contribution in [0.5, 0.6) is 0 Å². The second-order valence-electron chi connectivity index (χ2n) is 10.1. The van der Waals surface area contributed by atoms with E-state index < -0.39 is 5.79 Å². The maximum Gasteiger partial charge on any atom is 0.196 e. The van der Waals surface area contributed by atoms with Gasteiger partial charge in [0.05, 0.1) is 35.5 Å². The number of hydrogen-bond donors (Lipinski definition) is 1. The summed E-state index contributed by atoms with van der Waals surface area (Å²) >= 11 is 0.